The fourth-order valence-electron chi connectivity index (χ4n) is 4.80. The maximum atomic E-state index is 12.3. The molecule has 2 aliphatic heterocycles. The number of morpholine rings is 1. The third-order valence-corrected chi connectivity index (χ3v) is 6.77. The molecule has 0 saturated carbocycles. The Bertz CT molecular complexity index is 1150. The highest BCUT2D eigenvalue weighted by Gasteiger charge is 2.26. The number of hydrogen-bond acceptors (Lipinski definition) is 8. The Balaban J connectivity index is 1.31. The molecule has 35 heavy (non-hydrogen) atoms. The van der Waals surface area contributed by atoms with E-state index in [0.717, 1.165) is 73.7 Å². The number of nitrogens with zero attached hydrogens (tertiary/aromatic N) is 5. The van der Waals surface area contributed by atoms with Crippen molar-refractivity contribution in [2.75, 3.05) is 63.6 Å². The van der Waals surface area contributed by atoms with E-state index in [1.165, 1.54) is 5.69 Å². The number of benzene rings is 1. The van der Waals surface area contributed by atoms with Gasteiger partial charge in [-0.2, -0.15) is 0 Å². The van der Waals surface area contributed by atoms with Crippen molar-refractivity contribution >= 4 is 28.4 Å². The average Bonchev–Trinajstić information content (AvgIpc) is 2.92. The largest absolute Gasteiger partial charge is 0.374 e. The van der Waals surface area contributed by atoms with Crippen LogP contribution in [0.5, 0.6) is 0 Å². The van der Waals surface area contributed by atoms with Crippen molar-refractivity contribution < 1.29 is 9.53 Å². The van der Waals surface area contributed by atoms with E-state index in [0.29, 0.717) is 6.54 Å². The standard InChI is InChI=1S/C26H33N7O2/c1-32(2)26(34)19-7-12-33(13-8-19)20-5-3-18(4-6-20)22-15-23-24(29-10-9-28-23)25(31-22)30-17-21-16-27-11-14-35-21/h3-6,9-10,15,19,21,27H,7-8,11-14,16-17H2,1-2H3,(H,30,31). The molecule has 2 saturated heterocycles. The molecular weight excluding hydrogens is 442 g/mol. The van der Waals surface area contributed by atoms with Gasteiger partial charge in [0, 0.05) is 76.4 Å². The average molecular weight is 476 g/mol. The van der Waals surface area contributed by atoms with Gasteiger partial charge in [0.25, 0.3) is 0 Å². The van der Waals surface area contributed by atoms with Crippen LogP contribution in [0.4, 0.5) is 11.5 Å². The number of anilines is 2. The Morgan fingerprint density at radius 3 is 2.66 bits per heavy atom. The fourth-order valence-corrected chi connectivity index (χ4v) is 4.80. The Kier molecular flexibility index (Phi) is 7.06. The first-order valence-electron chi connectivity index (χ1n) is 12.3. The summed E-state index contributed by atoms with van der Waals surface area (Å²) in [5.41, 5.74) is 4.61. The van der Waals surface area contributed by atoms with Gasteiger partial charge in [0.05, 0.1) is 23.9 Å². The molecule has 1 amide bonds. The highest BCUT2D eigenvalue weighted by atomic mass is 16.5. The smallest absolute Gasteiger partial charge is 0.225 e. The lowest BCUT2D eigenvalue weighted by atomic mass is 9.95. The van der Waals surface area contributed by atoms with E-state index in [1.807, 2.05) is 20.2 Å². The lowest BCUT2D eigenvalue weighted by Crippen LogP contribution is -2.42. The maximum absolute atomic E-state index is 12.3. The number of carbonyl (C=O) groups excluding carboxylic acids is 1. The van der Waals surface area contributed by atoms with Gasteiger partial charge in [-0.1, -0.05) is 12.1 Å². The van der Waals surface area contributed by atoms with E-state index in [1.54, 1.807) is 17.3 Å². The number of aromatic nitrogens is 3. The summed E-state index contributed by atoms with van der Waals surface area (Å²) in [6, 6.07) is 10.5. The number of nitrogens with one attached hydrogen (secondary N) is 2. The Morgan fingerprint density at radius 1 is 1.17 bits per heavy atom. The Hall–Kier alpha value is -3.30. The number of ether oxygens (including phenoxy) is 1. The summed E-state index contributed by atoms with van der Waals surface area (Å²) in [7, 11) is 3.67. The minimum Gasteiger partial charge on any atom is -0.374 e. The summed E-state index contributed by atoms with van der Waals surface area (Å²) >= 11 is 0. The van der Waals surface area contributed by atoms with Crippen molar-refractivity contribution in [2.24, 2.45) is 5.92 Å². The Labute approximate surface area is 205 Å². The molecule has 3 aromatic rings. The van der Waals surface area contributed by atoms with Gasteiger partial charge in [0.15, 0.2) is 5.82 Å². The zero-order chi connectivity index (χ0) is 24.2. The molecular formula is C26H33N7O2. The van der Waals surface area contributed by atoms with Crippen LogP contribution < -0.4 is 15.5 Å². The number of hydrogen-bond donors (Lipinski definition) is 2. The van der Waals surface area contributed by atoms with Crippen LogP contribution in [0.25, 0.3) is 22.3 Å². The van der Waals surface area contributed by atoms with E-state index < -0.39 is 0 Å². The minimum absolute atomic E-state index is 0.0948. The first kappa shape index (κ1) is 23.4. The van der Waals surface area contributed by atoms with Gasteiger partial charge >= 0.3 is 0 Å². The lowest BCUT2D eigenvalue weighted by Gasteiger charge is -2.34. The quantitative estimate of drug-likeness (QED) is 0.561. The van der Waals surface area contributed by atoms with Gasteiger partial charge < -0.3 is 25.2 Å². The SMILES string of the molecule is CN(C)C(=O)C1CCN(c2ccc(-c3cc4nccnc4c(NCC4CNCCO4)n3)cc2)CC1. The van der Waals surface area contributed by atoms with E-state index >= 15 is 0 Å². The molecule has 1 unspecified atom stereocenters. The number of amides is 1. The van der Waals surface area contributed by atoms with Crippen LogP contribution in [0.1, 0.15) is 12.8 Å². The third-order valence-electron chi connectivity index (χ3n) is 6.77. The lowest BCUT2D eigenvalue weighted by molar-refractivity contribution is -0.133. The van der Waals surface area contributed by atoms with Crippen molar-refractivity contribution in [1.82, 2.24) is 25.2 Å². The number of fused-ring (bicyclic) bond motifs is 1. The van der Waals surface area contributed by atoms with Crippen LogP contribution in [-0.4, -0.2) is 85.3 Å². The molecule has 184 valence electrons. The number of pyridine rings is 1. The summed E-state index contributed by atoms with van der Waals surface area (Å²) in [5, 5.41) is 6.79. The first-order chi connectivity index (χ1) is 17.1. The predicted molar refractivity (Wildman–Crippen MR) is 137 cm³/mol. The minimum atomic E-state index is 0.0948. The van der Waals surface area contributed by atoms with Gasteiger partial charge in [0.2, 0.25) is 5.91 Å². The second-order valence-electron chi connectivity index (χ2n) is 9.40. The molecule has 9 nitrogen and oxygen atoms in total. The number of carbonyl (C=O) groups is 1. The number of piperidine rings is 1. The zero-order valence-electron chi connectivity index (χ0n) is 20.4. The molecule has 2 fully saturated rings. The first-order valence-corrected chi connectivity index (χ1v) is 12.3. The van der Waals surface area contributed by atoms with Crippen molar-refractivity contribution in [3.63, 3.8) is 0 Å². The molecule has 2 N–H and O–H groups in total. The van der Waals surface area contributed by atoms with Crippen LogP contribution in [0.3, 0.4) is 0 Å². The van der Waals surface area contributed by atoms with Crippen LogP contribution >= 0.6 is 0 Å². The summed E-state index contributed by atoms with van der Waals surface area (Å²) in [6.07, 6.45) is 5.27. The second kappa shape index (κ2) is 10.5. The van der Waals surface area contributed by atoms with Crippen LogP contribution in [0.2, 0.25) is 0 Å². The monoisotopic (exact) mass is 475 g/mol. The van der Waals surface area contributed by atoms with Gasteiger partial charge in [-0.25, -0.2) is 9.97 Å². The van der Waals surface area contributed by atoms with Crippen LogP contribution in [0.15, 0.2) is 42.7 Å². The van der Waals surface area contributed by atoms with Gasteiger partial charge in [-0.3, -0.25) is 9.78 Å². The predicted octanol–water partition coefficient (Wildman–Crippen LogP) is 2.40. The summed E-state index contributed by atoms with van der Waals surface area (Å²) in [4.78, 5) is 30.3. The summed E-state index contributed by atoms with van der Waals surface area (Å²) < 4.78 is 5.81. The van der Waals surface area contributed by atoms with E-state index in [2.05, 4.69) is 49.8 Å². The van der Waals surface area contributed by atoms with E-state index in [4.69, 9.17) is 9.72 Å². The van der Waals surface area contributed by atoms with E-state index in [9.17, 15) is 4.79 Å². The molecule has 5 rings (SSSR count). The summed E-state index contributed by atoms with van der Waals surface area (Å²) in [5.74, 6) is 1.09. The van der Waals surface area contributed by atoms with Crippen molar-refractivity contribution in [1.29, 1.82) is 0 Å². The van der Waals surface area contributed by atoms with Gasteiger partial charge in [0.1, 0.15) is 5.52 Å². The molecule has 2 aromatic heterocycles. The topological polar surface area (TPSA) is 95.5 Å². The van der Waals surface area contributed by atoms with E-state index in [-0.39, 0.29) is 17.9 Å². The molecule has 0 bridgehead atoms. The van der Waals surface area contributed by atoms with Crippen molar-refractivity contribution in [2.45, 2.75) is 18.9 Å². The highest BCUT2D eigenvalue weighted by molar-refractivity contribution is 5.88. The molecule has 0 spiro atoms. The molecule has 4 heterocycles. The second-order valence-corrected chi connectivity index (χ2v) is 9.40. The highest BCUT2D eigenvalue weighted by Crippen LogP contribution is 2.29. The molecule has 2 aliphatic rings. The van der Waals surface area contributed by atoms with Gasteiger partial charge in [-0.15, -0.1) is 0 Å². The van der Waals surface area contributed by atoms with Gasteiger partial charge in [-0.05, 0) is 31.0 Å². The fraction of sp³-hybridized carbons (Fsp3) is 0.462. The number of rotatable bonds is 6. The van der Waals surface area contributed by atoms with Crippen LogP contribution in [-0.2, 0) is 9.53 Å². The zero-order valence-corrected chi connectivity index (χ0v) is 20.4. The molecule has 1 aromatic carbocycles. The summed E-state index contributed by atoms with van der Waals surface area (Å²) in [6.45, 7) is 4.86. The molecule has 1 atom stereocenters. The normalized spacial score (nSPS) is 19.0. The molecule has 0 aliphatic carbocycles. The molecule has 0 radical (unpaired) electrons. The van der Waals surface area contributed by atoms with Crippen LogP contribution in [0, 0.1) is 5.92 Å². The molecule has 9 heteroatoms. The van der Waals surface area contributed by atoms with Crippen molar-refractivity contribution in [3.8, 4) is 11.3 Å². The maximum Gasteiger partial charge on any atom is 0.225 e. The third kappa shape index (κ3) is 5.36. The van der Waals surface area contributed by atoms with Crippen molar-refractivity contribution in [3.05, 3.63) is 42.7 Å². The Morgan fingerprint density at radius 2 is 1.94 bits per heavy atom.